The number of amides is 1. The molecule has 0 atom stereocenters. The molecule has 4 rings (SSSR count). The summed E-state index contributed by atoms with van der Waals surface area (Å²) in [7, 11) is 0. The van der Waals surface area contributed by atoms with Crippen LogP contribution in [0.5, 0.6) is 5.75 Å². The first kappa shape index (κ1) is 16.0. The van der Waals surface area contributed by atoms with Crippen molar-refractivity contribution >= 4 is 50.3 Å². The second-order valence-corrected chi connectivity index (χ2v) is 7.26. The van der Waals surface area contributed by atoms with Crippen molar-refractivity contribution in [3.63, 3.8) is 0 Å². The minimum atomic E-state index is -0.506. The van der Waals surface area contributed by atoms with Gasteiger partial charge in [-0.05, 0) is 70.5 Å². The topological polar surface area (TPSA) is 79.1 Å². The van der Waals surface area contributed by atoms with Crippen LogP contribution >= 0.6 is 22.6 Å². The summed E-state index contributed by atoms with van der Waals surface area (Å²) in [5, 5.41) is 11.7. The summed E-state index contributed by atoms with van der Waals surface area (Å²) < 4.78 is 1.18. The Kier molecular flexibility index (Phi) is 3.88. The average Bonchev–Trinajstić information content (AvgIpc) is 2.98. The van der Waals surface area contributed by atoms with E-state index in [1.807, 2.05) is 18.2 Å². The first-order chi connectivity index (χ1) is 12.0. The van der Waals surface area contributed by atoms with Crippen molar-refractivity contribution in [2.24, 2.45) is 5.73 Å². The normalized spacial score (nSPS) is 11.2. The van der Waals surface area contributed by atoms with Crippen molar-refractivity contribution in [3.05, 3.63) is 74.9 Å². The van der Waals surface area contributed by atoms with E-state index in [1.54, 1.807) is 18.2 Å². The Balaban J connectivity index is 1.99. The molecular weight excluding hydrogens is 427 g/mol. The highest BCUT2D eigenvalue weighted by Crippen LogP contribution is 2.37. The molecule has 0 radical (unpaired) electrons. The highest BCUT2D eigenvalue weighted by Gasteiger charge is 2.17. The third-order valence-corrected chi connectivity index (χ3v) is 5.06. The minimum absolute atomic E-state index is 0.140. The maximum absolute atomic E-state index is 11.8. The molecule has 0 aliphatic heterocycles. The first-order valence-electron chi connectivity index (χ1n) is 7.84. The number of hydrogen-bond donors (Lipinski definition) is 3. The molecule has 0 fully saturated rings. The van der Waals surface area contributed by atoms with E-state index in [0.717, 1.165) is 23.0 Å². The van der Waals surface area contributed by atoms with Crippen molar-refractivity contribution in [1.29, 1.82) is 0 Å². The number of H-pyrrole nitrogens is 1. The van der Waals surface area contributed by atoms with Gasteiger partial charge in [0.2, 0.25) is 5.91 Å². The third-order valence-electron chi connectivity index (χ3n) is 4.39. The molecular formula is C20H15IN2O2. The van der Waals surface area contributed by atoms with Crippen LogP contribution in [0.3, 0.4) is 0 Å². The van der Waals surface area contributed by atoms with Gasteiger partial charge in [-0.15, -0.1) is 0 Å². The molecule has 0 bridgehead atoms. The van der Waals surface area contributed by atoms with Gasteiger partial charge in [-0.3, -0.25) is 4.79 Å². The lowest BCUT2D eigenvalue weighted by Gasteiger charge is -2.06. The molecule has 4 nitrogen and oxygen atoms in total. The maximum Gasteiger partial charge on any atom is 0.249 e. The van der Waals surface area contributed by atoms with Gasteiger partial charge in [-0.2, -0.15) is 0 Å². The van der Waals surface area contributed by atoms with Gasteiger partial charge in [-0.25, -0.2) is 0 Å². The summed E-state index contributed by atoms with van der Waals surface area (Å²) in [5.41, 5.74) is 9.80. The molecule has 124 valence electrons. The van der Waals surface area contributed by atoms with Crippen molar-refractivity contribution in [1.82, 2.24) is 4.98 Å². The molecule has 0 unspecified atom stereocenters. The van der Waals surface area contributed by atoms with E-state index in [4.69, 9.17) is 5.73 Å². The highest BCUT2D eigenvalue weighted by molar-refractivity contribution is 14.1. The summed E-state index contributed by atoms with van der Waals surface area (Å²) in [6.45, 7) is 0. The maximum atomic E-state index is 11.8. The number of hydrogen-bond acceptors (Lipinski definition) is 2. The van der Waals surface area contributed by atoms with Gasteiger partial charge in [-0.1, -0.05) is 24.3 Å². The Labute approximate surface area is 157 Å². The van der Waals surface area contributed by atoms with Crippen molar-refractivity contribution in [2.45, 2.75) is 6.42 Å². The van der Waals surface area contributed by atoms with Crippen LogP contribution < -0.4 is 5.73 Å². The Hall–Kier alpha value is -2.54. The predicted octanol–water partition coefficient (Wildman–Crippen LogP) is 4.32. The van der Waals surface area contributed by atoms with Gasteiger partial charge >= 0.3 is 0 Å². The molecule has 1 aromatic heterocycles. The number of phenolic OH excluding ortho intramolecular Hbond substituents is 1. The second-order valence-electron chi connectivity index (χ2n) is 6.02. The molecule has 1 heterocycles. The van der Waals surface area contributed by atoms with Crippen LogP contribution in [0.2, 0.25) is 0 Å². The number of rotatable bonds is 3. The number of fused-ring (bicyclic) bond motifs is 3. The molecule has 1 amide bonds. The zero-order valence-corrected chi connectivity index (χ0v) is 15.4. The standard InChI is InChI=1S/C20H15IN2O2/c21-13-4-1-3-11(10-13)9-12-7-8-16(24)18-17-14(20(22)25)5-2-6-15(17)23-19(12)18/h1-8,10,23-24H,9H2,(H2,22,25). The summed E-state index contributed by atoms with van der Waals surface area (Å²) in [4.78, 5) is 15.2. The zero-order chi connectivity index (χ0) is 17.6. The molecule has 4 aromatic rings. The Morgan fingerprint density at radius 1 is 1.08 bits per heavy atom. The number of benzene rings is 3. The monoisotopic (exact) mass is 442 g/mol. The lowest BCUT2D eigenvalue weighted by atomic mass is 9.99. The van der Waals surface area contributed by atoms with E-state index in [1.165, 1.54) is 9.13 Å². The largest absolute Gasteiger partial charge is 0.507 e. The van der Waals surface area contributed by atoms with E-state index >= 15 is 0 Å². The average molecular weight is 442 g/mol. The second kappa shape index (κ2) is 6.07. The third kappa shape index (κ3) is 2.74. The van der Waals surface area contributed by atoms with Crippen LogP contribution in [0, 0.1) is 3.57 Å². The van der Waals surface area contributed by atoms with Gasteiger partial charge in [0, 0.05) is 20.0 Å². The fraction of sp³-hybridized carbons (Fsp3) is 0.0500. The van der Waals surface area contributed by atoms with Crippen molar-refractivity contribution in [3.8, 4) is 5.75 Å². The number of carbonyl (C=O) groups excluding carboxylic acids is 1. The molecule has 5 heteroatoms. The smallest absolute Gasteiger partial charge is 0.249 e. The molecule has 3 aromatic carbocycles. The molecule has 0 saturated carbocycles. The van der Waals surface area contributed by atoms with Crippen molar-refractivity contribution in [2.75, 3.05) is 0 Å². The van der Waals surface area contributed by atoms with Gasteiger partial charge in [0.15, 0.2) is 0 Å². The van der Waals surface area contributed by atoms with Crippen LogP contribution in [-0.4, -0.2) is 16.0 Å². The number of aromatic hydroxyl groups is 1. The number of nitrogens with one attached hydrogen (secondary N) is 1. The summed E-state index contributed by atoms with van der Waals surface area (Å²) in [5.74, 6) is -0.366. The Morgan fingerprint density at radius 2 is 1.88 bits per heavy atom. The number of phenols is 1. The Bertz CT molecular complexity index is 1130. The van der Waals surface area contributed by atoms with E-state index in [0.29, 0.717) is 16.3 Å². The van der Waals surface area contributed by atoms with Crippen LogP contribution in [0.1, 0.15) is 21.5 Å². The summed E-state index contributed by atoms with van der Waals surface area (Å²) in [6.07, 6.45) is 0.729. The number of carbonyl (C=O) groups is 1. The lowest BCUT2D eigenvalue weighted by molar-refractivity contribution is 0.100. The zero-order valence-electron chi connectivity index (χ0n) is 13.2. The minimum Gasteiger partial charge on any atom is -0.507 e. The van der Waals surface area contributed by atoms with E-state index < -0.39 is 5.91 Å². The number of primary amides is 1. The number of halogens is 1. The quantitative estimate of drug-likeness (QED) is 0.414. The van der Waals surface area contributed by atoms with E-state index in [9.17, 15) is 9.90 Å². The predicted molar refractivity (Wildman–Crippen MR) is 108 cm³/mol. The van der Waals surface area contributed by atoms with Crippen LogP contribution in [-0.2, 0) is 6.42 Å². The fourth-order valence-corrected chi connectivity index (χ4v) is 3.92. The molecule has 0 aliphatic carbocycles. The van der Waals surface area contributed by atoms with Crippen LogP contribution in [0.25, 0.3) is 21.8 Å². The summed E-state index contributed by atoms with van der Waals surface area (Å²) in [6, 6.07) is 17.3. The van der Waals surface area contributed by atoms with E-state index in [-0.39, 0.29) is 5.75 Å². The molecule has 25 heavy (non-hydrogen) atoms. The summed E-state index contributed by atoms with van der Waals surface area (Å²) >= 11 is 2.30. The fourth-order valence-electron chi connectivity index (χ4n) is 3.31. The number of nitrogens with two attached hydrogens (primary N) is 1. The molecule has 0 saturated heterocycles. The lowest BCUT2D eigenvalue weighted by Crippen LogP contribution is -2.10. The van der Waals surface area contributed by atoms with Crippen LogP contribution in [0.4, 0.5) is 0 Å². The van der Waals surface area contributed by atoms with E-state index in [2.05, 4.69) is 45.8 Å². The Morgan fingerprint density at radius 3 is 2.64 bits per heavy atom. The first-order valence-corrected chi connectivity index (χ1v) is 8.92. The van der Waals surface area contributed by atoms with Crippen molar-refractivity contribution < 1.29 is 9.90 Å². The SMILES string of the molecule is NC(=O)c1cccc2[nH]c3c(Cc4cccc(I)c4)ccc(O)c3c12. The van der Waals surface area contributed by atoms with Gasteiger partial charge in [0.1, 0.15) is 5.75 Å². The van der Waals surface area contributed by atoms with Gasteiger partial charge in [0.05, 0.1) is 10.9 Å². The highest BCUT2D eigenvalue weighted by atomic mass is 127. The van der Waals surface area contributed by atoms with Gasteiger partial charge < -0.3 is 15.8 Å². The molecule has 4 N–H and O–H groups in total. The number of aromatic nitrogens is 1. The van der Waals surface area contributed by atoms with Gasteiger partial charge in [0.25, 0.3) is 0 Å². The molecule has 0 aliphatic rings. The van der Waals surface area contributed by atoms with Crippen LogP contribution in [0.15, 0.2) is 54.6 Å². The molecule has 0 spiro atoms. The number of aromatic amines is 1.